The number of rotatable bonds is 7. The minimum absolute atomic E-state index is 0.0965. The summed E-state index contributed by atoms with van der Waals surface area (Å²) in [7, 11) is 0. The highest BCUT2D eigenvalue weighted by Gasteiger charge is 2.14. The van der Waals surface area contributed by atoms with Gasteiger partial charge in [0.05, 0.1) is 6.54 Å². The zero-order valence-electron chi connectivity index (χ0n) is 16.3. The number of ether oxygens (including phenoxy) is 1. The molecule has 30 heavy (non-hydrogen) atoms. The summed E-state index contributed by atoms with van der Waals surface area (Å²) in [6, 6.07) is 18.6. The highest BCUT2D eigenvalue weighted by atomic mass is 35.5. The van der Waals surface area contributed by atoms with E-state index in [1.807, 2.05) is 6.20 Å². The summed E-state index contributed by atoms with van der Waals surface area (Å²) in [6.45, 7) is 2.78. The number of hydrogen-bond acceptors (Lipinski definition) is 4. The lowest BCUT2D eigenvalue weighted by atomic mass is 10.1. The van der Waals surface area contributed by atoms with Crippen LogP contribution in [-0.2, 0) is 13.3 Å². The van der Waals surface area contributed by atoms with E-state index in [9.17, 15) is 4.79 Å². The van der Waals surface area contributed by atoms with Crippen molar-refractivity contribution in [3.05, 3.63) is 94.9 Å². The number of hydrogen-bond donors (Lipinski definition) is 1. The van der Waals surface area contributed by atoms with Crippen molar-refractivity contribution >= 4 is 23.3 Å². The van der Waals surface area contributed by atoms with Crippen LogP contribution in [0.3, 0.4) is 0 Å². The molecule has 2 heterocycles. The van der Waals surface area contributed by atoms with E-state index in [1.165, 1.54) is 10.2 Å². The average molecular weight is 422 g/mol. The van der Waals surface area contributed by atoms with Crippen molar-refractivity contribution in [2.45, 2.75) is 20.2 Å². The van der Waals surface area contributed by atoms with Crippen LogP contribution in [0.1, 0.15) is 21.6 Å². The van der Waals surface area contributed by atoms with Gasteiger partial charge in [-0.05, 0) is 42.8 Å². The number of aryl methyl sites for hydroxylation is 1. The molecular formula is C22H20ClN5O2. The minimum atomic E-state index is -0.312. The van der Waals surface area contributed by atoms with Crippen molar-refractivity contribution < 1.29 is 9.53 Å². The zero-order valence-corrected chi connectivity index (χ0v) is 17.1. The van der Waals surface area contributed by atoms with Gasteiger partial charge in [-0.15, -0.1) is 0 Å². The van der Waals surface area contributed by atoms with Crippen molar-refractivity contribution in [1.29, 1.82) is 0 Å². The van der Waals surface area contributed by atoms with E-state index in [-0.39, 0.29) is 12.6 Å². The largest absolute Gasteiger partial charge is 0.471 e. The molecule has 0 spiro atoms. The van der Waals surface area contributed by atoms with Crippen molar-refractivity contribution in [2.24, 2.45) is 0 Å². The van der Waals surface area contributed by atoms with Crippen molar-refractivity contribution in [2.75, 3.05) is 5.32 Å². The Hall–Kier alpha value is -3.58. The van der Waals surface area contributed by atoms with Gasteiger partial charge in [-0.3, -0.25) is 9.48 Å². The summed E-state index contributed by atoms with van der Waals surface area (Å²) < 4.78 is 8.93. The maximum atomic E-state index is 12.7. The van der Waals surface area contributed by atoms with Crippen LogP contribution < -0.4 is 10.1 Å². The molecule has 0 saturated carbocycles. The van der Waals surface area contributed by atoms with Crippen molar-refractivity contribution in [3.8, 4) is 5.75 Å². The molecule has 8 heteroatoms. The molecule has 152 valence electrons. The number of benzene rings is 2. The van der Waals surface area contributed by atoms with Gasteiger partial charge in [0.2, 0.25) is 0 Å². The third kappa shape index (κ3) is 4.87. The molecule has 2 aromatic carbocycles. The topological polar surface area (TPSA) is 74.0 Å². The Kier molecular flexibility index (Phi) is 5.81. The van der Waals surface area contributed by atoms with E-state index < -0.39 is 0 Å². The van der Waals surface area contributed by atoms with Crippen molar-refractivity contribution in [1.82, 2.24) is 19.6 Å². The Morgan fingerprint density at radius 3 is 2.60 bits per heavy atom. The second kappa shape index (κ2) is 8.84. The number of halogens is 1. The molecule has 4 aromatic rings. The quantitative estimate of drug-likeness (QED) is 0.480. The Bertz CT molecular complexity index is 1130. The third-order valence-electron chi connectivity index (χ3n) is 4.46. The van der Waals surface area contributed by atoms with Crippen LogP contribution in [0.4, 0.5) is 5.82 Å². The molecule has 2 aromatic heterocycles. The Morgan fingerprint density at radius 1 is 1.07 bits per heavy atom. The maximum Gasteiger partial charge on any atom is 0.275 e. The van der Waals surface area contributed by atoms with E-state index in [4.69, 9.17) is 16.3 Å². The molecule has 0 bridgehead atoms. The van der Waals surface area contributed by atoms with Gasteiger partial charge in [0.1, 0.15) is 11.4 Å². The number of amides is 1. The number of nitrogens with zero attached hydrogens (tertiary/aromatic N) is 4. The van der Waals surface area contributed by atoms with Crippen molar-refractivity contribution in [3.63, 3.8) is 0 Å². The van der Waals surface area contributed by atoms with E-state index in [0.717, 1.165) is 5.56 Å². The fourth-order valence-corrected chi connectivity index (χ4v) is 3.00. The molecule has 0 aliphatic carbocycles. The minimum Gasteiger partial charge on any atom is -0.471 e. The first-order chi connectivity index (χ1) is 14.6. The lowest BCUT2D eigenvalue weighted by Crippen LogP contribution is -2.20. The predicted octanol–water partition coefficient (Wildman–Crippen LogP) is 4.38. The van der Waals surface area contributed by atoms with Gasteiger partial charge >= 0.3 is 0 Å². The summed E-state index contributed by atoms with van der Waals surface area (Å²) in [5, 5.41) is 12.0. The summed E-state index contributed by atoms with van der Waals surface area (Å²) in [5.74, 6) is 0.794. The SMILES string of the molecule is Cc1ccc(Cn2ccc(NC(=O)c3ccnn3COc3ccc(Cl)cc3)n2)cc1. The fourth-order valence-electron chi connectivity index (χ4n) is 2.87. The van der Waals surface area contributed by atoms with Gasteiger partial charge in [0, 0.05) is 23.5 Å². The van der Waals surface area contributed by atoms with E-state index >= 15 is 0 Å². The van der Waals surface area contributed by atoms with Gasteiger partial charge in [-0.25, -0.2) is 4.68 Å². The van der Waals surface area contributed by atoms with Crippen LogP contribution in [-0.4, -0.2) is 25.5 Å². The molecule has 0 radical (unpaired) electrons. The molecule has 0 unspecified atom stereocenters. The van der Waals surface area contributed by atoms with Gasteiger partial charge in [-0.1, -0.05) is 41.4 Å². The number of carbonyl (C=O) groups is 1. The Balaban J connectivity index is 1.37. The summed E-state index contributed by atoms with van der Waals surface area (Å²) >= 11 is 5.87. The second-order valence-corrected chi connectivity index (χ2v) is 7.22. The molecule has 0 aliphatic heterocycles. The molecule has 0 fully saturated rings. The standard InChI is InChI=1S/C22H20ClN5O2/c1-16-2-4-17(5-3-16)14-27-13-11-21(26-27)25-22(29)20-10-12-24-28(20)15-30-19-8-6-18(23)7-9-19/h2-13H,14-15H2,1H3,(H,25,26,29). The molecular weight excluding hydrogens is 402 g/mol. The Morgan fingerprint density at radius 2 is 1.83 bits per heavy atom. The van der Waals surface area contributed by atoms with Gasteiger partial charge in [0.25, 0.3) is 5.91 Å². The van der Waals surface area contributed by atoms with Crippen LogP contribution >= 0.6 is 11.6 Å². The van der Waals surface area contributed by atoms with Gasteiger partial charge in [-0.2, -0.15) is 10.2 Å². The van der Waals surface area contributed by atoms with E-state index in [2.05, 4.69) is 46.7 Å². The van der Waals surface area contributed by atoms with Crippen LogP contribution in [0, 0.1) is 6.92 Å². The zero-order chi connectivity index (χ0) is 20.9. The van der Waals surface area contributed by atoms with E-state index in [0.29, 0.717) is 28.8 Å². The summed E-state index contributed by atoms with van der Waals surface area (Å²) in [6.07, 6.45) is 3.38. The number of nitrogens with one attached hydrogen (secondary N) is 1. The average Bonchev–Trinajstić information content (AvgIpc) is 3.39. The lowest BCUT2D eigenvalue weighted by Gasteiger charge is -2.09. The summed E-state index contributed by atoms with van der Waals surface area (Å²) in [4.78, 5) is 12.7. The van der Waals surface area contributed by atoms with Crippen LogP contribution in [0.25, 0.3) is 0 Å². The highest BCUT2D eigenvalue weighted by Crippen LogP contribution is 2.16. The van der Waals surface area contributed by atoms with Crippen LogP contribution in [0.5, 0.6) is 5.75 Å². The molecule has 1 N–H and O–H groups in total. The lowest BCUT2D eigenvalue weighted by molar-refractivity contribution is 0.100. The molecule has 7 nitrogen and oxygen atoms in total. The molecule has 0 aliphatic rings. The Labute approximate surface area is 178 Å². The monoisotopic (exact) mass is 421 g/mol. The fraction of sp³-hybridized carbons (Fsp3) is 0.136. The first kappa shape index (κ1) is 19.7. The number of aromatic nitrogens is 4. The smallest absolute Gasteiger partial charge is 0.275 e. The predicted molar refractivity (Wildman–Crippen MR) is 115 cm³/mol. The number of anilines is 1. The molecule has 4 rings (SSSR count). The van der Waals surface area contributed by atoms with Gasteiger partial charge < -0.3 is 10.1 Å². The third-order valence-corrected chi connectivity index (χ3v) is 4.72. The second-order valence-electron chi connectivity index (χ2n) is 6.78. The molecule has 1 amide bonds. The van der Waals surface area contributed by atoms with E-state index in [1.54, 1.807) is 47.3 Å². The van der Waals surface area contributed by atoms with Crippen LogP contribution in [0.2, 0.25) is 5.02 Å². The summed E-state index contributed by atoms with van der Waals surface area (Å²) in [5.41, 5.74) is 2.72. The first-order valence-electron chi connectivity index (χ1n) is 9.37. The number of carbonyl (C=O) groups excluding carboxylic acids is 1. The highest BCUT2D eigenvalue weighted by molar-refractivity contribution is 6.30. The normalized spacial score (nSPS) is 10.7. The van der Waals surface area contributed by atoms with Gasteiger partial charge in [0.15, 0.2) is 12.5 Å². The first-order valence-corrected chi connectivity index (χ1v) is 9.75. The maximum absolute atomic E-state index is 12.7. The molecule has 0 saturated heterocycles. The molecule has 0 atom stereocenters. The van der Waals surface area contributed by atoms with Crippen LogP contribution in [0.15, 0.2) is 73.1 Å².